The Morgan fingerprint density at radius 2 is 1.93 bits per heavy atom. The largest absolute Gasteiger partial charge is 0.487 e. The zero-order valence-corrected chi connectivity index (χ0v) is 16.6. The summed E-state index contributed by atoms with van der Waals surface area (Å²) in [5.74, 6) is 0.858. The summed E-state index contributed by atoms with van der Waals surface area (Å²) in [6.45, 7) is 11.9. The molecule has 0 aromatic heterocycles. The van der Waals surface area contributed by atoms with E-state index in [4.69, 9.17) is 14.2 Å². The Kier molecular flexibility index (Phi) is 4.80. The van der Waals surface area contributed by atoms with E-state index in [2.05, 4.69) is 17.0 Å². The summed E-state index contributed by atoms with van der Waals surface area (Å²) in [6.07, 6.45) is 0.983. The number of carbonyl (C=O) groups excluding carboxylic acids is 1. The molecule has 6 heteroatoms. The first-order valence-corrected chi connectivity index (χ1v) is 9.84. The highest BCUT2D eigenvalue weighted by Gasteiger charge is 2.45. The van der Waals surface area contributed by atoms with Crippen LogP contribution in [0.5, 0.6) is 5.75 Å². The van der Waals surface area contributed by atoms with E-state index < -0.39 is 5.60 Å². The van der Waals surface area contributed by atoms with E-state index in [0.717, 1.165) is 38.6 Å². The van der Waals surface area contributed by atoms with Crippen LogP contribution in [0, 0.1) is 5.41 Å². The van der Waals surface area contributed by atoms with Crippen LogP contribution < -0.4 is 4.74 Å². The molecule has 6 nitrogen and oxygen atoms in total. The van der Waals surface area contributed by atoms with Crippen molar-refractivity contribution >= 4 is 6.09 Å². The standard InChI is InChI=1S/C21H30N2O4/c1-20(2,3)27-19(24)23-11-18(12-23)26-17-6-4-16(5-7-17)10-22-13-21(14-22)8-9-25-15-21/h4-7,18H,8-15H2,1-3H3. The number of benzene rings is 1. The van der Waals surface area contributed by atoms with E-state index in [1.165, 1.54) is 12.0 Å². The van der Waals surface area contributed by atoms with Gasteiger partial charge in [0.1, 0.15) is 17.5 Å². The third-order valence-electron chi connectivity index (χ3n) is 5.44. The molecule has 0 unspecified atom stereocenters. The highest BCUT2D eigenvalue weighted by atomic mass is 16.6. The summed E-state index contributed by atoms with van der Waals surface area (Å²) in [5, 5.41) is 0. The molecular formula is C21H30N2O4. The Labute approximate surface area is 161 Å². The third kappa shape index (κ3) is 4.38. The van der Waals surface area contributed by atoms with Crippen molar-refractivity contribution in [3.05, 3.63) is 29.8 Å². The molecule has 4 rings (SSSR count). The molecule has 3 fully saturated rings. The minimum Gasteiger partial charge on any atom is -0.487 e. The second-order valence-corrected chi connectivity index (χ2v) is 9.22. The molecule has 3 aliphatic rings. The summed E-state index contributed by atoms with van der Waals surface area (Å²) in [6, 6.07) is 8.32. The van der Waals surface area contributed by atoms with E-state index in [9.17, 15) is 4.79 Å². The average molecular weight is 374 g/mol. The normalized spacial score (nSPS) is 22.4. The molecular weight excluding hydrogens is 344 g/mol. The van der Waals surface area contributed by atoms with Crippen LogP contribution in [0.25, 0.3) is 0 Å². The van der Waals surface area contributed by atoms with E-state index in [1.807, 2.05) is 32.9 Å². The van der Waals surface area contributed by atoms with Gasteiger partial charge in [0.05, 0.1) is 19.7 Å². The summed E-state index contributed by atoms with van der Waals surface area (Å²) >= 11 is 0. The average Bonchev–Trinajstić information content (AvgIpc) is 2.99. The maximum Gasteiger partial charge on any atom is 0.410 e. The van der Waals surface area contributed by atoms with Crippen LogP contribution in [0.2, 0.25) is 0 Å². The number of hydrogen-bond acceptors (Lipinski definition) is 5. The van der Waals surface area contributed by atoms with Gasteiger partial charge in [-0.05, 0) is 44.9 Å². The molecule has 1 spiro atoms. The minimum atomic E-state index is -0.459. The first kappa shape index (κ1) is 18.6. The van der Waals surface area contributed by atoms with Gasteiger partial charge in [-0.2, -0.15) is 0 Å². The van der Waals surface area contributed by atoms with Crippen LogP contribution >= 0.6 is 0 Å². The number of amides is 1. The lowest BCUT2D eigenvalue weighted by molar-refractivity contribution is -0.0221. The summed E-state index contributed by atoms with van der Waals surface area (Å²) in [5.41, 5.74) is 1.28. The SMILES string of the molecule is CC(C)(C)OC(=O)N1CC(Oc2ccc(CN3CC4(CCOC4)C3)cc2)C1. The van der Waals surface area contributed by atoms with Crippen molar-refractivity contribution in [1.82, 2.24) is 9.80 Å². The topological polar surface area (TPSA) is 51.2 Å². The van der Waals surface area contributed by atoms with Crippen molar-refractivity contribution in [3.8, 4) is 5.75 Å². The molecule has 3 heterocycles. The number of nitrogens with zero attached hydrogens (tertiary/aromatic N) is 2. The predicted molar refractivity (Wildman–Crippen MR) is 102 cm³/mol. The van der Waals surface area contributed by atoms with E-state index in [0.29, 0.717) is 18.5 Å². The Morgan fingerprint density at radius 3 is 2.52 bits per heavy atom. The summed E-state index contributed by atoms with van der Waals surface area (Å²) in [7, 11) is 0. The van der Waals surface area contributed by atoms with Gasteiger partial charge in [-0.1, -0.05) is 12.1 Å². The Bertz CT molecular complexity index is 662. The number of rotatable bonds is 4. The fraction of sp³-hybridized carbons (Fsp3) is 0.667. The fourth-order valence-corrected chi connectivity index (χ4v) is 4.03. The van der Waals surface area contributed by atoms with Gasteiger partial charge in [-0.25, -0.2) is 4.79 Å². The van der Waals surface area contributed by atoms with Crippen molar-refractivity contribution < 1.29 is 19.0 Å². The van der Waals surface area contributed by atoms with Gasteiger partial charge in [-0.15, -0.1) is 0 Å². The van der Waals surface area contributed by atoms with Gasteiger partial charge in [0, 0.05) is 31.7 Å². The van der Waals surface area contributed by atoms with Crippen molar-refractivity contribution in [2.24, 2.45) is 5.41 Å². The highest BCUT2D eigenvalue weighted by molar-refractivity contribution is 5.69. The van der Waals surface area contributed by atoms with Gasteiger partial charge >= 0.3 is 6.09 Å². The molecule has 27 heavy (non-hydrogen) atoms. The van der Waals surface area contributed by atoms with Gasteiger partial charge in [0.2, 0.25) is 0 Å². The molecule has 148 valence electrons. The van der Waals surface area contributed by atoms with E-state index >= 15 is 0 Å². The third-order valence-corrected chi connectivity index (χ3v) is 5.44. The van der Waals surface area contributed by atoms with Crippen LogP contribution in [0.4, 0.5) is 4.79 Å². The fourth-order valence-electron chi connectivity index (χ4n) is 4.03. The van der Waals surface area contributed by atoms with Gasteiger partial charge in [0.25, 0.3) is 0 Å². The number of ether oxygens (including phenoxy) is 3. The first-order chi connectivity index (χ1) is 12.8. The molecule has 3 aliphatic heterocycles. The predicted octanol–water partition coefficient (Wildman–Crippen LogP) is 2.91. The lowest BCUT2D eigenvalue weighted by Crippen LogP contribution is -2.57. The monoisotopic (exact) mass is 374 g/mol. The number of likely N-dealkylation sites (tertiary alicyclic amines) is 2. The summed E-state index contributed by atoms with van der Waals surface area (Å²) in [4.78, 5) is 16.1. The smallest absolute Gasteiger partial charge is 0.410 e. The Balaban J connectivity index is 1.19. The van der Waals surface area contributed by atoms with Crippen molar-refractivity contribution in [2.45, 2.75) is 45.4 Å². The lowest BCUT2D eigenvalue weighted by atomic mass is 9.79. The second-order valence-electron chi connectivity index (χ2n) is 9.22. The number of hydrogen-bond donors (Lipinski definition) is 0. The van der Waals surface area contributed by atoms with Crippen LogP contribution in [0.15, 0.2) is 24.3 Å². The number of carbonyl (C=O) groups is 1. The molecule has 1 aromatic carbocycles. The molecule has 0 aliphatic carbocycles. The first-order valence-electron chi connectivity index (χ1n) is 9.84. The van der Waals surface area contributed by atoms with Gasteiger partial charge in [0.15, 0.2) is 0 Å². The second kappa shape index (κ2) is 6.99. The molecule has 1 amide bonds. The van der Waals surface area contributed by atoms with Gasteiger partial charge < -0.3 is 19.1 Å². The van der Waals surface area contributed by atoms with Crippen LogP contribution in [-0.2, 0) is 16.0 Å². The van der Waals surface area contributed by atoms with Crippen LogP contribution in [0.1, 0.15) is 32.8 Å². The lowest BCUT2D eigenvalue weighted by Gasteiger charge is -2.47. The Morgan fingerprint density at radius 1 is 1.22 bits per heavy atom. The van der Waals surface area contributed by atoms with E-state index in [-0.39, 0.29) is 12.2 Å². The van der Waals surface area contributed by atoms with E-state index in [1.54, 1.807) is 4.90 Å². The van der Waals surface area contributed by atoms with Crippen molar-refractivity contribution in [1.29, 1.82) is 0 Å². The zero-order chi connectivity index (χ0) is 19.1. The molecule has 3 saturated heterocycles. The molecule has 0 atom stereocenters. The maximum absolute atomic E-state index is 11.9. The molecule has 0 bridgehead atoms. The van der Waals surface area contributed by atoms with Crippen LogP contribution in [-0.4, -0.2) is 67.0 Å². The molecule has 0 saturated carbocycles. The highest BCUT2D eigenvalue weighted by Crippen LogP contribution is 2.38. The zero-order valence-electron chi connectivity index (χ0n) is 16.6. The van der Waals surface area contributed by atoms with Crippen LogP contribution in [0.3, 0.4) is 0 Å². The minimum absolute atomic E-state index is 0.0426. The van der Waals surface area contributed by atoms with Crippen molar-refractivity contribution in [2.75, 3.05) is 39.4 Å². The van der Waals surface area contributed by atoms with Crippen molar-refractivity contribution in [3.63, 3.8) is 0 Å². The molecule has 1 aromatic rings. The molecule has 0 N–H and O–H groups in total. The quantitative estimate of drug-likeness (QED) is 0.811. The summed E-state index contributed by atoms with van der Waals surface area (Å²) < 4.78 is 16.9. The molecule has 0 radical (unpaired) electrons. The Hall–Kier alpha value is -1.79. The van der Waals surface area contributed by atoms with Gasteiger partial charge in [-0.3, -0.25) is 4.90 Å². The maximum atomic E-state index is 11.9.